The molecule has 3 aliphatic rings. The van der Waals surface area contributed by atoms with Gasteiger partial charge in [0.2, 0.25) is 11.8 Å². The lowest BCUT2D eigenvalue weighted by Gasteiger charge is -2.32. The van der Waals surface area contributed by atoms with E-state index in [9.17, 15) is 41.0 Å². The van der Waals surface area contributed by atoms with E-state index in [0.29, 0.717) is 36.3 Å². The third kappa shape index (κ3) is 6.52. The minimum absolute atomic E-state index is 0.0180. The van der Waals surface area contributed by atoms with Crippen molar-refractivity contribution in [2.45, 2.75) is 57.5 Å². The van der Waals surface area contributed by atoms with Gasteiger partial charge in [-0.3, -0.25) is 9.59 Å². The van der Waals surface area contributed by atoms with Gasteiger partial charge in [0.05, 0.1) is 41.4 Å². The van der Waals surface area contributed by atoms with Crippen LogP contribution in [0.2, 0.25) is 0 Å². The number of benzene rings is 3. The van der Waals surface area contributed by atoms with E-state index in [0.717, 1.165) is 34.3 Å². The summed E-state index contributed by atoms with van der Waals surface area (Å²) in [6.07, 6.45) is -5.93. The van der Waals surface area contributed by atoms with E-state index in [4.69, 9.17) is 4.74 Å². The van der Waals surface area contributed by atoms with Gasteiger partial charge in [-0.2, -0.15) is 26.3 Å². The topological polar surface area (TPSA) is 66.8 Å². The number of hydrogen-bond acceptors (Lipinski definition) is 4. The number of phenolic OH excluding ortho intramolecular Hbond substituents is 1. The highest BCUT2D eigenvalue weighted by molar-refractivity contribution is 6.22. The van der Waals surface area contributed by atoms with Gasteiger partial charge in [-0.15, -0.1) is 0 Å². The fraction of sp³-hybridized carbons (Fsp3) is 0.351. The summed E-state index contributed by atoms with van der Waals surface area (Å²) < 4.78 is 88.2. The molecule has 0 radical (unpaired) electrons. The average Bonchev–Trinajstić information content (AvgIpc) is 3.57. The Bertz CT molecular complexity index is 1730. The minimum Gasteiger partial charge on any atom is -0.508 e. The summed E-state index contributed by atoms with van der Waals surface area (Å²) in [4.78, 5) is 28.1. The Hall–Kier alpha value is -4.38. The molecule has 5 nitrogen and oxygen atoms in total. The van der Waals surface area contributed by atoms with Crippen LogP contribution in [-0.2, 0) is 26.7 Å². The van der Waals surface area contributed by atoms with Gasteiger partial charge in [0, 0.05) is 5.92 Å². The second-order valence-electron chi connectivity index (χ2n) is 12.5. The number of fused-ring (bicyclic) bond motifs is 3. The standard InChI is InChI=1S/C37H33F6NO4/c1-2-6-24-16-29-33(35(47)44(34(29)46)27-18-25(36(38,39)40)17-26(19-27)37(41,42)43)30-20-48-31(32(24)30)14-11-23(22-7-4-3-5-8-22)15-21-9-12-28(45)13-10-21/h3-5,7-10,12-13,15,17-19,29-31,33,45H,2,6,11,14,16,20H2,1H3/b23-15-/t29-,30+,31-,33-/m1/s1. The van der Waals surface area contributed by atoms with Crippen LogP contribution in [0.15, 0.2) is 83.9 Å². The Morgan fingerprint density at radius 1 is 0.896 bits per heavy atom. The van der Waals surface area contributed by atoms with Gasteiger partial charge >= 0.3 is 12.4 Å². The van der Waals surface area contributed by atoms with Crippen molar-refractivity contribution < 1.29 is 45.8 Å². The Morgan fingerprint density at radius 3 is 2.15 bits per heavy atom. The molecule has 6 rings (SSSR count). The van der Waals surface area contributed by atoms with E-state index in [1.165, 1.54) is 0 Å². The Balaban J connectivity index is 1.31. The number of rotatable bonds is 8. The van der Waals surface area contributed by atoms with Gasteiger partial charge in [0.1, 0.15) is 5.75 Å². The molecule has 3 aromatic carbocycles. The van der Waals surface area contributed by atoms with E-state index >= 15 is 0 Å². The lowest BCUT2D eigenvalue weighted by Crippen LogP contribution is -2.34. The summed E-state index contributed by atoms with van der Waals surface area (Å²) in [6.45, 7) is 2.09. The molecule has 48 heavy (non-hydrogen) atoms. The first-order valence-corrected chi connectivity index (χ1v) is 15.8. The van der Waals surface area contributed by atoms with Crippen molar-refractivity contribution in [3.05, 3.63) is 106 Å². The van der Waals surface area contributed by atoms with Gasteiger partial charge in [-0.25, -0.2) is 4.90 Å². The molecule has 3 aromatic rings. The third-order valence-electron chi connectivity index (χ3n) is 9.44. The number of hydrogen-bond donors (Lipinski definition) is 1. The molecule has 2 aliphatic heterocycles. The van der Waals surface area contributed by atoms with Crippen molar-refractivity contribution in [1.82, 2.24) is 0 Å². The van der Waals surface area contributed by atoms with Crippen LogP contribution >= 0.6 is 0 Å². The quantitative estimate of drug-likeness (QED) is 0.113. The van der Waals surface area contributed by atoms with Crippen LogP contribution in [0, 0.1) is 17.8 Å². The van der Waals surface area contributed by atoms with E-state index in [2.05, 4.69) is 0 Å². The number of nitrogens with zero attached hydrogens (tertiary/aromatic N) is 1. The van der Waals surface area contributed by atoms with Crippen LogP contribution in [0.5, 0.6) is 5.75 Å². The lowest BCUT2D eigenvalue weighted by atomic mass is 9.68. The summed E-state index contributed by atoms with van der Waals surface area (Å²) in [5.41, 5.74) is 0.862. The average molecular weight is 670 g/mol. The summed E-state index contributed by atoms with van der Waals surface area (Å²) in [5, 5.41) is 9.72. The molecular weight excluding hydrogens is 636 g/mol. The Labute approximate surface area is 273 Å². The first-order chi connectivity index (χ1) is 22.8. The molecule has 2 fully saturated rings. The summed E-state index contributed by atoms with van der Waals surface area (Å²) in [5.74, 6) is -3.84. The predicted octanol–water partition coefficient (Wildman–Crippen LogP) is 9.07. The van der Waals surface area contributed by atoms with Crippen molar-refractivity contribution in [2.24, 2.45) is 17.8 Å². The van der Waals surface area contributed by atoms with Crippen LogP contribution in [0.4, 0.5) is 32.0 Å². The van der Waals surface area contributed by atoms with Crippen molar-refractivity contribution >= 4 is 29.2 Å². The number of phenols is 1. The number of amides is 2. The number of alkyl halides is 6. The maximum absolute atomic E-state index is 13.9. The second kappa shape index (κ2) is 12.9. The van der Waals surface area contributed by atoms with Crippen molar-refractivity contribution in [3.63, 3.8) is 0 Å². The molecule has 4 atom stereocenters. The van der Waals surface area contributed by atoms with Crippen LogP contribution in [0.25, 0.3) is 11.6 Å². The molecule has 252 valence electrons. The van der Waals surface area contributed by atoms with E-state index in [1.807, 2.05) is 43.3 Å². The number of ether oxygens (including phenoxy) is 1. The zero-order valence-corrected chi connectivity index (χ0v) is 25.9. The van der Waals surface area contributed by atoms with E-state index < -0.39 is 58.7 Å². The maximum Gasteiger partial charge on any atom is 0.416 e. The highest BCUT2D eigenvalue weighted by atomic mass is 19.4. The molecule has 0 bridgehead atoms. The van der Waals surface area contributed by atoms with Gasteiger partial charge in [-0.1, -0.05) is 67.5 Å². The van der Waals surface area contributed by atoms with E-state index in [1.54, 1.807) is 24.3 Å². The number of allylic oxidation sites excluding steroid dienone is 2. The maximum atomic E-state index is 13.9. The second-order valence-corrected chi connectivity index (χ2v) is 12.5. The van der Waals surface area contributed by atoms with Crippen LogP contribution in [0.3, 0.4) is 0 Å². The Morgan fingerprint density at radius 2 is 1.54 bits per heavy atom. The fourth-order valence-electron chi connectivity index (χ4n) is 7.34. The molecule has 2 heterocycles. The van der Waals surface area contributed by atoms with Crippen molar-refractivity contribution in [2.75, 3.05) is 11.5 Å². The molecule has 0 aromatic heterocycles. The largest absolute Gasteiger partial charge is 0.508 e. The predicted molar refractivity (Wildman–Crippen MR) is 167 cm³/mol. The number of imide groups is 1. The van der Waals surface area contributed by atoms with Gasteiger partial charge in [0.15, 0.2) is 0 Å². The van der Waals surface area contributed by atoms with Gasteiger partial charge < -0.3 is 9.84 Å². The Kier molecular flexibility index (Phi) is 9.02. The van der Waals surface area contributed by atoms with Crippen LogP contribution < -0.4 is 4.90 Å². The zero-order chi connectivity index (χ0) is 34.4. The number of anilines is 1. The fourth-order valence-corrected chi connectivity index (χ4v) is 7.34. The SMILES string of the molecule is CCCC1=C2[C@@H](CC/C(=C/c3ccc(O)cc3)c3ccccc3)OC[C@@H]2[C@@H]2C(=O)N(c3cc(C(F)(F)F)cc(C(F)(F)F)c3)C(=O)[C@@H]2C1. The molecule has 2 amide bonds. The third-order valence-corrected chi connectivity index (χ3v) is 9.44. The molecule has 1 N–H and O–H groups in total. The minimum atomic E-state index is -5.13. The normalized spacial score (nSPS) is 23.1. The zero-order valence-electron chi connectivity index (χ0n) is 25.9. The first-order valence-electron chi connectivity index (χ1n) is 15.8. The summed E-state index contributed by atoms with van der Waals surface area (Å²) >= 11 is 0. The molecule has 1 aliphatic carbocycles. The smallest absolute Gasteiger partial charge is 0.416 e. The highest BCUT2D eigenvalue weighted by Crippen LogP contribution is 2.52. The van der Waals surface area contributed by atoms with Gasteiger partial charge in [0.25, 0.3) is 0 Å². The number of carbonyl (C=O) groups is 2. The van der Waals surface area contributed by atoms with Crippen molar-refractivity contribution in [3.8, 4) is 5.75 Å². The van der Waals surface area contributed by atoms with Crippen LogP contribution in [0.1, 0.15) is 61.3 Å². The highest BCUT2D eigenvalue weighted by Gasteiger charge is 2.57. The number of halogens is 6. The summed E-state index contributed by atoms with van der Waals surface area (Å²) in [7, 11) is 0. The summed E-state index contributed by atoms with van der Waals surface area (Å²) in [6, 6.07) is 17.4. The van der Waals surface area contributed by atoms with Gasteiger partial charge in [-0.05, 0) is 78.3 Å². The van der Waals surface area contributed by atoms with Crippen molar-refractivity contribution in [1.29, 1.82) is 0 Å². The molecule has 0 saturated carbocycles. The monoisotopic (exact) mass is 669 g/mol. The number of aromatic hydroxyl groups is 1. The molecule has 0 spiro atoms. The van der Waals surface area contributed by atoms with E-state index in [-0.39, 0.29) is 30.9 Å². The molecule has 0 unspecified atom stereocenters. The molecule has 11 heteroatoms. The first kappa shape index (κ1) is 33.5. The molecule has 2 saturated heterocycles. The lowest BCUT2D eigenvalue weighted by molar-refractivity contribution is -0.143. The molecular formula is C37H33F6NO4. The number of carbonyl (C=O) groups excluding carboxylic acids is 2. The van der Waals surface area contributed by atoms with Crippen LogP contribution in [-0.4, -0.2) is 29.6 Å².